The molecule has 11 heavy (non-hydrogen) atoms. The molecule has 1 heterocycles. The van der Waals surface area contributed by atoms with Crippen molar-refractivity contribution in [3.05, 3.63) is 12.1 Å². The Balaban J connectivity index is 2.64. The van der Waals surface area contributed by atoms with Gasteiger partial charge in [0, 0.05) is 0 Å². The summed E-state index contributed by atoms with van der Waals surface area (Å²) in [7, 11) is 0. The molecule has 58 valence electrons. The average molecular weight is 152 g/mol. The maximum Gasteiger partial charge on any atom is 0.198 e. The Hall–Kier alpha value is -1.62. The summed E-state index contributed by atoms with van der Waals surface area (Å²) in [4.78, 5) is 4.94. The van der Waals surface area contributed by atoms with Crippen LogP contribution in [0.25, 0.3) is 0 Å². The molecule has 1 aromatic carbocycles. The number of benzene rings is 1. The number of hydrazine groups is 1. The lowest BCUT2D eigenvalue weighted by Gasteiger charge is -2.01. The van der Waals surface area contributed by atoms with Gasteiger partial charge in [-0.15, -0.1) is 0 Å². The topological polar surface area (TPSA) is 85.3 Å². The number of nitrogen functional groups attached to an aromatic ring is 2. The molecule has 5 nitrogen and oxygen atoms in total. The first-order valence-corrected chi connectivity index (χ1v) is 3.15. The van der Waals surface area contributed by atoms with Gasteiger partial charge in [0.2, 0.25) is 0 Å². The van der Waals surface area contributed by atoms with Crippen LogP contribution in [0, 0.1) is 0 Å². The standard InChI is InChI=1S/C6H8N4O/c7-3-1-2-4(8)6-5(3)9-10-11-6/h1-2,9-10H,7-8H2. The van der Waals surface area contributed by atoms with Gasteiger partial charge in [0.15, 0.2) is 5.75 Å². The molecule has 0 aromatic heterocycles. The second kappa shape index (κ2) is 1.93. The molecular formula is C6H8N4O. The summed E-state index contributed by atoms with van der Waals surface area (Å²) in [6.45, 7) is 0. The smallest absolute Gasteiger partial charge is 0.198 e. The van der Waals surface area contributed by atoms with E-state index in [1.807, 2.05) is 0 Å². The number of anilines is 3. The SMILES string of the molecule is Nc1ccc(N)c2c1NNO2. The van der Waals surface area contributed by atoms with E-state index in [1.54, 1.807) is 12.1 Å². The fourth-order valence-electron chi connectivity index (χ4n) is 0.980. The van der Waals surface area contributed by atoms with Crippen LogP contribution in [-0.4, -0.2) is 0 Å². The lowest BCUT2D eigenvalue weighted by molar-refractivity contribution is 0.248. The Bertz CT molecular complexity index is 270. The summed E-state index contributed by atoms with van der Waals surface area (Å²) in [6, 6.07) is 3.42. The quantitative estimate of drug-likeness (QED) is 0.395. The largest absolute Gasteiger partial charge is 0.397 e. The van der Waals surface area contributed by atoms with Crippen molar-refractivity contribution in [1.29, 1.82) is 0 Å². The van der Waals surface area contributed by atoms with E-state index in [9.17, 15) is 0 Å². The number of rotatable bonds is 0. The van der Waals surface area contributed by atoms with Crippen molar-refractivity contribution in [3.63, 3.8) is 0 Å². The van der Waals surface area contributed by atoms with E-state index in [1.165, 1.54) is 0 Å². The lowest BCUT2D eigenvalue weighted by atomic mass is 10.2. The van der Waals surface area contributed by atoms with Crippen LogP contribution in [-0.2, 0) is 0 Å². The number of hydrogen-bond donors (Lipinski definition) is 4. The maximum absolute atomic E-state index is 5.60. The zero-order valence-corrected chi connectivity index (χ0v) is 5.72. The fraction of sp³-hybridized carbons (Fsp3) is 0. The summed E-state index contributed by atoms with van der Waals surface area (Å²) in [5, 5.41) is 0. The van der Waals surface area contributed by atoms with Crippen LogP contribution in [0.3, 0.4) is 0 Å². The molecule has 0 fully saturated rings. The van der Waals surface area contributed by atoms with Gasteiger partial charge in [-0.05, 0) is 12.1 Å². The van der Waals surface area contributed by atoms with E-state index < -0.39 is 0 Å². The Morgan fingerprint density at radius 3 is 2.64 bits per heavy atom. The summed E-state index contributed by atoms with van der Waals surface area (Å²) in [6.07, 6.45) is 0. The zero-order valence-electron chi connectivity index (χ0n) is 5.72. The van der Waals surface area contributed by atoms with Gasteiger partial charge in [-0.2, -0.15) is 0 Å². The van der Waals surface area contributed by atoms with Gasteiger partial charge in [0.1, 0.15) is 5.69 Å². The molecule has 0 amide bonds. The van der Waals surface area contributed by atoms with Crippen LogP contribution in [0.15, 0.2) is 12.1 Å². The molecule has 0 bridgehead atoms. The van der Waals surface area contributed by atoms with Gasteiger partial charge >= 0.3 is 0 Å². The Morgan fingerprint density at radius 2 is 1.91 bits per heavy atom. The Morgan fingerprint density at radius 1 is 1.18 bits per heavy atom. The first kappa shape index (κ1) is 6.11. The molecule has 2 rings (SSSR count). The molecule has 5 heteroatoms. The Kier molecular flexibility index (Phi) is 1.07. The van der Waals surface area contributed by atoms with Crippen LogP contribution >= 0.6 is 0 Å². The number of nitrogens with one attached hydrogen (secondary N) is 2. The van der Waals surface area contributed by atoms with Crippen molar-refractivity contribution in [2.75, 3.05) is 16.9 Å². The molecule has 1 aromatic rings. The molecule has 0 unspecified atom stereocenters. The van der Waals surface area contributed by atoms with Crippen molar-refractivity contribution < 1.29 is 4.84 Å². The highest BCUT2D eigenvalue weighted by Crippen LogP contribution is 2.37. The highest BCUT2D eigenvalue weighted by atomic mass is 16.7. The summed E-state index contributed by atoms with van der Waals surface area (Å²) in [5.74, 6) is 0.560. The predicted octanol–water partition coefficient (Wildman–Crippen LogP) is 0.0749. The van der Waals surface area contributed by atoms with Gasteiger partial charge in [-0.3, -0.25) is 5.43 Å². The van der Waals surface area contributed by atoms with Crippen molar-refractivity contribution >= 4 is 17.1 Å². The second-order valence-corrected chi connectivity index (χ2v) is 2.28. The van der Waals surface area contributed by atoms with Crippen molar-refractivity contribution in [1.82, 2.24) is 5.59 Å². The van der Waals surface area contributed by atoms with Crippen LogP contribution in [0.2, 0.25) is 0 Å². The Labute approximate surface area is 63.2 Å². The van der Waals surface area contributed by atoms with E-state index in [2.05, 4.69) is 11.0 Å². The van der Waals surface area contributed by atoms with Crippen molar-refractivity contribution in [2.24, 2.45) is 0 Å². The number of nitrogens with two attached hydrogens (primary N) is 2. The molecule has 6 N–H and O–H groups in total. The molecule has 0 radical (unpaired) electrons. The second-order valence-electron chi connectivity index (χ2n) is 2.28. The van der Waals surface area contributed by atoms with Gasteiger partial charge < -0.3 is 16.3 Å². The van der Waals surface area contributed by atoms with Crippen LogP contribution in [0.4, 0.5) is 17.1 Å². The van der Waals surface area contributed by atoms with Gasteiger partial charge in [0.05, 0.1) is 11.4 Å². The van der Waals surface area contributed by atoms with Crippen LogP contribution in [0.5, 0.6) is 5.75 Å². The summed E-state index contributed by atoms with van der Waals surface area (Å²) < 4.78 is 0. The third-order valence-corrected chi connectivity index (χ3v) is 1.55. The van der Waals surface area contributed by atoms with Gasteiger partial charge in [-0.1, -0.05) is 5.59 Å². The van der Waals surface area contributed by atoms with Gasteiger partial charge in [0.25, 0.3) is 0 Å². The molecule has 1 aliphatic heterocycles. The number of fused-ring (bicyclic) bond motifs is 1. The zero-order chi connectivity index (χ0) is 7.84. The minimum Gasteiger partial charge on any atom is -0.397 e. The maximum atomic E-state index is 5.60. The highest BCUT2D eigenvalue weighted by Gasteiger charge is 2.16. The lowest BCUT2D eigenvalue weighted by Crippen LogP contribution is -2.17. The monoisotopic (exact) mass is 152 g/mol. The molecule has 1 aliphatic rings. The first-order valence-electron chi connectivity index (χ1n) is 3.15. The van der Waals surface area contributed by atoms with E-state index in [0.717, 1.165) is 0 Å². The molecule has 0 saturated carbocycles. The van der Waals surface area contributed by atoms with E-state index in [0.29, 0.717) is 22.8 Å². The van der Waals surface area contributed by atoms with E-state index in [-0.39, 0.29) is 0 Å². The summed E-state index contributed by atoms with van der Waals surface area (Å²) >= 11 is 0. The van der Waals surface area contributed by atoms with Crippen LogP contribution in [0.1, 0.15) is 0 Å². The normalized spacial score (nSPS) is 13.5. The fourth-order valence-corrected chi connectivity index (χ4v) is 0.980. The van der Waals surface area contributed by atoms with E-state index >= 15 is 0 Å². The molecule has 0 atom stereocenters. The van der Waals surface area contributed by atoms with E-state index in [4.69, 9.17) is 16.3 Å². The summed E-state index contributed by atoms with van der Waals surface area (Å²) in [5.41, 5.74) is 18.2. The first-order chi connectivity index (χ1) is 5.29. The third kappa shape index (κ3) is 0.746. The minimum absolute atomic E-state index is 0.560. The van der Waals surface area contributed by atoms with Crippen molar-refractivity contribution in [2.45, 2.75) is 0 Å². The number of hydrogen-bond acceptors (Lipinski definition) is 5. The third-order valence-electron chi connectivity index (χ3n) is 1.55. The van der Waals surface area contributed by atoms with Gasteiger partial charge in [-0.25, -0.2) is 0 Å². The molecular weight excluding hydrogens is 144 g/mol. The molecule has 0 spiro atoms. The highest BCUT2D eigenvalue weighted by molar-refractivity contribution is 5.81. The molecule has 0 aliphatic carbocycles. The van der Waals surface area contributed by atoms with Crippen LogP contribution < -0.4 is 27.3 Å². The molecule has 0 saturated heterocycles. The van der Waals surface area contributed by atoms with Crippen molar-refractivity contribution in [3.8, 4) is 5.75 Å². The minimum atomic E-state index is 0.560. The average Bonchev–Trinajstić information content (AvgIpc) is 2.45. The predicted molar refractivity (Wildman–Crippen MR) is 42.7 cm³/mol.